The lowest BCUT2D eigenvalue weighted by Gasteiger charge is -2.46. The summed E-state index contributed by atoms with van der Waals surface area (Å²) in [7, 11) is 2.04. The number of nitrogens with one attached hydrogen (secondary N) is 1. The number of hydrogen-bond acceptors (Lipinski definition) is 3. The van der Waals surface area contributed by atoms with Crippen molar-refractivity contribution in [1.29, 1.82) is 0 Å². The van der Waals surface area contributed by atoms with E-state index in [9.17, 15) is 0 Å². The molecule has 0 spiro atoms. The van der Waals surface area contributed by atoms with Gasteiger partial charge in [0.1, 0.15) is 0 Å². The summed E-state index contributed by atoms with van der Waals surface area (Å²) in [5, 5.41) is 3.37. The molecule has 1 aromatic heterocycles. The first-order chi connectivity index (χ1) is 8.98. The predicted octanol–water partition coefficient (Wildman–Crippen LogP) is 2.43. The largest absolute Gasteiger partial charge is 0.319 e. The summed E-state index contributed by atoms with van der Waals surface area (Å²) in [6.07, 6.45) is 4.28. The van der Waals surface area contributed by atoms with E-state index < -0.39 is 0 Å². The van der Waals surface area contributed by atoms with E-state index >= 15 is 0 Å². The van der Waals surface area contributed by atoms with Gasteiger partial charge < -0.3 is 5.32 Å². The van der Waals surface area contributed by atoms with E-state index in [2.05, 4.69) is 48.1 Å². The monoisotopic (exact) mass is 261 g/mol. The lowest BCUT2D eigenvalue weighted by Crippen LogP contribution is -2.53. The number of likely N-dealkylation sites (N-methyl/N-ethyl adjacent to an activating group) is 1. The molecule has 0 radical (unpaired) electrons. The van der Waals surface area contributed by atoms with E-state index in [-0.39, 0.29) is 11.0 Å². The normalized spacial score (nSPS) is 20.4. The van der Waals surface area contributed by atoms with Gasteiger partial charge in [-0.1, -0.05) is 6.07 Å². The highest BCUT2D eigenvalue weighted by molar-refractivity contribution is 5.19. The van der Waals surface area contributed by atoms with Crippen molar-refractivity contribution in [2.75, 3.05) is 26.7 Å². The van der Waals surface area contributed by atoms with Crippen LogP contribution in [0.1, 0.15) is 39.3 Å². The first-order valence-corrected chi connectivity index (χ1v) is 7.29. The average molecular weight is 261 g/mol. The number of nitrogens with zero attached hydrogens (tertiary/aromatic N) is 2. The van der Waals surface area contributed by atoms with Crippen molar-refractivity contribution in [2.24, 2.45) is 0 Å². The quantitative estimate of drug-likeness (QED) is 0.906. The van der Waals surface area contributed by atoms with Gasteiger partial charge in [-0.25, -0.2) is 0 Å². The van der Waals surface area contributed by atoms with E-state index in [1.165, 1.54) is 18.5 Å². The number of likely N-dealkylation sites (tertiary alicyclic amines) is 1. The number of hydrogen-bond donors (Lipinski definition) is 1. The zero-order valence-corrected chi connectivity index (χ0v) is 12.7. The second-order valence-corrected chi connectivity index (χ2v) is 6.68. The van der Waals surface area contributed by atoms with Crippen LogP contribution in [0, 0.1) is 0 Å². The summed E-state index contributed by atoms with van der Waals surface area (Å²) in [6.45, 7) is 10.2. The molecule has 1 aromatic rings. The lowest BCUT2D eigenvalue weighted by atomic mass is 9.74. The lowest BCUT2D eigenvalue weighted by molar-refractivity contribution is 0.0729. The number of rotatable bonds is 3. The molecule has 0 unspecified atom stereocenters. The Bertz CT molecular complexity index is 386. The Morgan fingerprint density at radius 2 is 1.95 bits per heavy atom. The van der Waals surface area contributed by atoms with Crippen LogP contribution in [-0.4, -0.2) is 42.1 Å². The Balaban J connectivity index is 2.16. The molecule has 1 aliphatic rings. The van der Waals surface area contributed by atoms with Crippen molar-refractivity contribution < 1.29 is 0 Å². The summed E-state index contributed by atoms with van der Waals surface area (Å²) in [6, 6.07) is 6.29. The molecule has 0 amide bonds. The smallest absolute Gasteiger partial charge is 0.0479 e. The third-order valence-electron chi connectivity index (χ3n) is 4.39. The van der Waals surface area contributed by atoms with Crippen LogP contribution in [0.3, 0.4) is 0 Å². The Hall–Kier alpha value is -0.930. The maximum absolute atomic E-state index is 4.62. The molecule has 1 aliphatic heterocycles. The maximum Gasteiger partial charge on any atom is 0.0479 e. The zero-order chi connectivity index (χ0) is 13.9. The molecular formula is C16H27N3. The SMILES string of the molecule is CNCC1(c2ccccn2)CCN(C(C)(C)C)CC1. The van der Waals surface area contributed by atoms with Gasteiger partial charge in [0.15, 0.2) is 0 Å². The summed E-state index contributed by atoms with van der Waals surface area (Å²) in [4.78, 5) is 7.21. The fraction of sp³-hybridized carbons (Fsp3) is 0.688. The van der Waals surface area contributed by atoms with Crippen LogP contribution in [0.5, 0.6) is 0 Å². The molecule has 1 fully saturated rings. The number of pyridine rings is 1. The van der Waals surface area contributed by atoms with Gasteiger partial charge in [-0.3, -0.25) is 9.88 Å². The highest BCUT2D eigenvalue weighted by Crippen LogP contribution is 2.35. The fourth-order valence-electron chi connectivity index (χ4n) is 3.14. The molecule has 1 saturated heterocycles. The first kappa shape index (κ1) is 14.5. The molecule has 0 bridgehead atoms. The molecule has 1 N–H and O–H groups in total. The Morgan fingerprint density at radius 3 is 2.42 bits per heavy atom. The first-order valence-electron chi connectivity index (χ1n) is 7.29. The van der Waals surface area contributed by atoms with Gasteiger partial charge in [0.25, 0.3) is 0 Å². The van der Waals surface area contributed by atoms with Crippen molar-refractivity contribution >= 4 is 0 Å². The van der Waals surface area contributed by atoms with Crippen LogP contribution in [-0.2, 0) is 5.41 Å². The van der Waals surface area contributed by atoms with Crippen molar-refractivity contribution in [2.45, 2.75) is 44.6 Å². The Morgan fingerprint density at radius 1 is 1.26 bits per heavy atom. The van der Waals surface area contributed by atoms with E-state index in [1.807, 2.05) is 19.3 Å². The minimum Gasteiger partial charge on any atom is -0.319 e. The van der Waals surface area contributed by atoms with Crippen LogP contribution in [0.2, 0.25) is 0 Å². The van der Waals surface area contributed by atoms with Crippen molar-refractivity contribution in [3.05, 3.63) is 30.1 Å². The molecule has 0 aliphatic carbocycles. The molecule has 0 atom stereocenters. The third kappa shape index (κ3) is 3.15. The van der Waals surface area contributed by atoms with Gasteiger partial charge in [0, 0.05) is 29.4 Å². The fourth-order valence-corrected chi connectivity index (χ4v) is 3.14. The molecule has 2 rings (SSSR count). The van der Waals surface area contributed by atoms with Crippen LogP contribution in [0.15, 0.2) is 24.4 Å². The summed E-state index contributed by atoms with van der Waals surface area (Å²) in [5.41, 5.74) is 1.73. The van der Waals surface area contributed by atoms with E-state index in [4.69, 9.17) is 0 Å². The van der Waals surface area contributed by atoms with Gasteiger partial charge in [0.2, 0.25) is 0 Å². The zero-order valence-electron chi connectivity index (χ0n) is 12.7. The number of aromatic nitrogens is 1. The van der Waals surface area contributed by atoms with Gasteiger partial charge in [0.05, 0.1) is 0 Å². The van der Waals surface area contributed by atoms with Crippen molar-refractivity contribution in [1.82, 2.24) is 15.2 Å². The van der Waals surface area contributed by atoms with Gasteiger partial charge in [-0.05, 0) is 65.9 Å². The predicted molar refractivity (Wildman–Crippen MR) is 80.4 cm³/mol. The van der Waals surface area contributed by atoms with Crippen molar-refractivity contribution in [3.63, 3.8) is 0 Å². The van der Waals surface area contributed by atoms with E-state index in [0.717, 1.165) is 19.6 Å². The standard InChI is InChI=1S/C16H27N3/c1-15(2,3)19-11-8-16(9-12-19,13-17-4)14-7-5-6-10-18-14/h5-7,10,17H,8-9,11-13H2,1-4H3. The summed E-state index contributed by atoms with van der Waals surface area (Å²) >= 11 is 0. The van der Waals surface area contributed by atoms with Crippen LogP contribution >= 0.6 is 0 Å². The molecule has 0 aromatic carbocycles. The van der Waals surface area contributed by atoms with Gasteiger partial charge >= 0.3 is 0 Å². The molecule has 2 heterocycles. The third-order valence-corrected chi connectivity index (χ3v) is 4.39. The second-order valence-electron chi connectivity index (χ2n) is 6.68. The average Bonchev–Trinajstić information content (AvgIpc) is 2.39. The minimum absolute atomic E-state index is 0.206. The molecule has 3 nitrogen and oxygen atoms in total. The highest BCUT2D eigenvalue weighted by Gasteiger charge is 2.39. The van der Waals surface area contributed by atoms with Crippen LogP contribution < -0.4 is 5.32 Å². The topological polar surface area (TPSA) is 28.2 Å². The van der Waals surface area contributed by atoms with Gasteiger partial charge in [-0.2, -0.15) is 0 Å². The second kappa shape index (κ2) is 5.59. The van der Waals surface area contributed by atoms with Crippen LogP contribution in [0.25, 0.3) is 0 Å². The minimum atomic E-state index is 0.206. The summed E-state index contributed by atoms with van der Waals surface area (Å²) in [5.74, 6) is 0. The number of piperidine rings is 1. The van der Waals surface area contributed by atoms with Crippen LogP contribution in [0.4, 0.5) is 0 Å². The van der Waals surface area contributed by atoms with E-state index in [1.54, 1.807) is 0 Å². The molecule has 3 heteroatoms. The van der Waals surface area contributed by atoms with E-state index in [0.29, 0.717) is 0 Å². The molecule has 106 valence electrons. The Kier molecular flexibility index (Phi) is 4.26. The molecule has 19 heavy (non-hydrogen) atoms. The van der Waals surface area contributed by atoms with Crippen molar-refractivity contribution in [3.8, 4) is 0 Å². The molecular weight excluding hydrogens is 234 g/mol. The highest BCUT2D eigenvalue weighted by atomic mass is 15.2. The maximum atomic E-state index is 4.62. The summed E-state index contributed by atoms with van der Waals surface area (Å²) < 4.78 is 0. The molecule has 0 saturated carbocycles. The van der Waals surface area contributed by atoms with Gasteiger partial charge in [-0.15, -0.1) is 0 Å². The Labute approximate surface area is 117 Å².